The second-order valence-electron chi connectivity index (χ2n) is 8.46. The molecule has 0 spiro atoms. The van der Waals surface area contributed by atoms with E-state index in [4.69, 9.17) is 21.4 Å². The molecule has 0 amide bonds. The molecule has 1 fully saturated rings. The van der Waals surface area contributed by atoms with Gasteiger partial charge in [-0.25, -0.2) is 12.8 Å². The first-order valence-electron chi connectivity index (χ1n) is 11.3. The maximum Gasteiger partial charge on any atom is 0.229 e. The zero-order valence-electron chi connectivity index (χ0n) is 19.9. The SMILES string of the molecule is COc1cc(N2C(=S)N[C@@H](c3ccccn3)[C@@H]2c2ccc(-c3ccc(F)cc3)o2)ccc1NS(C)(=O)=O. The van der Waals surface area contributed by atoms with E-state index in [1.807, 2.05) is 35.2 Å². The van der Waals surface area contributed by atoms with Crippen molar-refractivity contribution in [2.75, 3.05) is 23.0 Å². The molecule has 2 N–H and O–H groups in total. The van der Waals surface area contributed by atoms with Gasteiger partial charge in [0.15, 0.2) is 5.11 Å². The highest BCUT2D eigenvalue weighted by Gasteiger charge is 2.42. The first-order chi connectivity index (χ1) is 17.7. The number of hydrogen-bond acceptors (Lipinski definition) is 6. The number of ether oxygens (including phenoxy) is 1. The molecule has 4 aromatic rings. The molecule has 190 valence electrons. The highest BCUT2D eigenvalue weighted by atomic mass is 32.2. The van der Waals surface area contributed by atoms with Crippen LogP contribution >= 0.6 is 12.2 Å². The topological polar surface area (TPSA) is 96.7 Å². The molecule has 37 heavy (non-hydrogen) atoms. The van der Waals surface area contributed by atoms with Gasteiger partial charge in [0.25, 0.3) is 0 Å². The minimum absolute atomic E-state index is 0.307. The van der Waals surface area contributed by atoms with Crippen LogP contribution in [-0.2, 0) is 10.0 Å². The number of halogens is 1. The molecule has 0 saturated carbocycles. The smallest absolute Gasteiger partial charge is 0.229 e. The Labute approximate surface area is 219 Å². The summed E-state index contributed by atoms with van der Waals surface area (Å²) < 4.78 is 51.2. The Kier molecular flexibility index (Phi) is 6.57. The van der Waals surface area contributed by atoms with Crippen molar-refractivity contribution in [1.82, 2.24) is 10.3 Å². The number of thiocarbonyl (C=S) groups is 1. The van der Waals surface area contributed by atoms with Crippen molar-refractivity contribution >= 4 is 38.7 Å². The molecule has 0 aliphatic carbocycles. The maximum absolute atomic E-state index is 13.4. The minimum atomic E-state index is -3.51. The van der Waals surface area contributed by atoms with Crippen molar-refractivity contribution in [1.29, 1.82) is 0 Å². The van der Waals surface area contributed by atoms with Crippen molar-refractivity contribution in [3.63, 3.8) is 0 Å². The van der Waals surface area contributed by atoms with E-state index in [0.29, 0.717) is 33.8 Å². The molecule has 1 aliphatic heterocycles. The molecule has 1 aliphatic rings. The Morgan fingerprint density at radius 1 is 1.11 bits per heavy atom. The molecule has 0 radical (unpaired) electrons. The maximum atomic E-state index is 13.4. The highest BCUT2D eigenvalue weighted by molar-refractivity contribution is 7.92. The van der Waals surface area contributed by atoms with Crippen LogP contribution in [0.15, 0.2) is 83.4 Å². The van der Waals surface area contributed by atoms with E-state index < -0.39 is 16.1 Å². The third kappa shape index (κ3) is 5.13. The van der Waals surface area contributed by atoms with Gasteiger partial charge < -0.3 is 19.4 Å². The molecular formula is C26H23FN4O4S2. The van der Waals surface area contributed by atoms with Crippen LogP contribution in [0.5, 0.6) is 5.75 Å². The standard InChI is InChI=1S/C26H23FN4O4S2/c1-34-23-15-18(10-11-19(23)30-37(2,32)33)31-25(24(29-26(31)36)20-5-3-4-14-28-20)22-13-12-21(35-22)16-6-8-17(27)9-7-16/h3-15,24-25,30H,1-2H3,(H,29,36)/t24-,25-/m0/s1. The number of anilines is 2. The van der Waals surface area contributed by atoms with E-state index in [2.05, 4.69) is 15.0 Å². The van der Waals surface area contributed by atoms with Gasteiger partial charge in [-0.3, -0.25) is 9.71 Å². The lowest BCUT2D eigenvalue weighted by Gasteiger charge is -2.26. The summed E-state index contributed by atoms with van der Waals surface area (Å²) in [6.45, 7) is 0. The van der Waals surface area contributed by atoms with Crippen molar-refractivity contribution in [3.05, 3.63) is 96.3 Å². The van der Waals surface area contributed by atoms with Crippen LogP contribution in [0.25, 0.3) is 11.3 Å². The van der Waals surface area contributed by atoms with E-state index in [-0.39, 0.29) is 11.9 Å². The third-order valence-corrected chi connectivity index (χ3v) is 6.81. The largest absolute Gasteiger partial charge is 0.494 e. The minimum Gasteiger partial charge on any atom is -0.494 e. The summed E-state index contributed by atoms with van der Waals surface area (Å²) in [6, 6.07) is 19.7. The normalized spacial score (nSPS) is 17.5. The second kappa shape index (κ2) is 9.83. The number of nitrogens with zero attached hydrogens (tertiary/aromatic N) is 2. The molecule has 8 nitrogen and oxygen atoms in total. The fourth-order valence-corrected chi connectivity index (χ4v) is 5.23. The molecule has 2 aromatic heterocycles. The van der Waals surface area contributed by atoms with Gasteiger partial charge in [-0.2, -0.15) is 0 Å². The lowest BCUT2D eigenvalue weighted by Crippen LogP contribution is -2.29. The van der Waals surface area contributed by atoms with Gasteiger partial charge in [0.05, 0.1) is 30.8 Å². The van der Waals surface area contributed by atoms with Gasteiger partial charge in [0, 0.05) is 23.5 Å². The molecule has 2 aromatic carbocycles. The average Bonchev–Trinajstić information content (AvgIpc) is 3.49. The Morgan fingerprint density at radius 2 is 1.89 bits per heavy atom. The number of hydrogen-bond donors (Lipinski definition) is 2. The summed E-state index contributed by atoms with van der Waals surface area (Å²) in [7, 11) is -2.04. The van der Waals surface area contributed by atoms with E-state index >= 15 is 0 Å². The van der Waals surface area contributed by atoms with Gasteiger partial charge >= 0.3 is 0 Å². The summed E-state index contributed by atoms with van der Waals surface area (Å²) in [6.07, 6.45) is 2.78. The van der Waals surface area contributed by atoms with Crippen LogP contribution in [0.4, 0.5) is 15.8 Å². The molecule has 2 atom stereocenters. The molecular weight excluding hydrogens is 515 g/mol. The van der Waals surface area contributed by atoms with Crippen molar-refractivity contribution in [3.8, 4) is 17.1 Å². The number of aromatic nitrogens is 1. The molecule has 3 heterocycles. The zero-order chi connectivity index (χ0) is 26.2. The predicted molar refractivity (Wildman–Crippen MR) is 143 cm³/mol. The lowest BCUT2D eigenvalue weighted by atomic mass is 10.0. The van der Waals surface area contributed by atoms with Crippen LogP contribution in [-0.4, -0.2) is 31.9 Å². The number of sulfonamides is 1. The summed E-state index contributed by atoms with van der Waals surface area (Å²) in [4.78, 5) is 6.41. The molecule has 5 rings (SSSR count). The van der Waals surface area contributed by atoms with Gasteiger partial charge in [-0.1, -0.05) is 6.07 Å². The Morgan fingerprint density at radius 3 is 2.57 bits per heavy atom. The number of nitrogens with one attached hydrogen (secondary N) is 2. The number of furan rings is 1. The highest BCUT2D eigenvalue weighted by Crippen LogP contribution is 2.44. The van der Waals surface area contributed by atoms with Crippen LogP contribution in [0.2, 0.25) is 0 Å². The first kappa shape index (κ1) is 24.7. The summed E-state index contributed by atoms with van der Waals surface area (Å²) >= 11 is 5.74. The van der Waals surface area contributed by atoms with Gasteiger partial charge in [-0.05, 0) is 72.9 Å². The first-order valence-corrected chi connectivity index (χ1v) is 13.6. The van der Waals surface area contributed by atoms with Crippen LogP contribution < -0.4 is 19.7 Å². The molecule has 11 heteroatoms. The zero-order valence-corrected chi connectivity index (χ0v) is 21.5. The Balaban J connectivity index is 1.59. The quantitative estimate of drug-likeness (QED) is 0.316. The van der Waals surface area contributed by atoms with E-state index in [1.54, 1.807) is 36.5 Å². The van der Waals surface area contributed by atoms with Gasteiger partial charge in [0.1, 0.15) is 29.1 Å². The van der Waals surface area contributed by atoms with E-state index in [1.165, 1.54) is 19.2 Å². The fourth-order valence-electron chi connectivity index (χ4n) is 4.32. The van der Waals surface area contributed by atoms with E-state index in [9.17, 15) is 12.8 Å². The number of methoxy groups -OCH3 is 1. The van der Waals surface area contributed by atoms with Gasteiger partial charge in [-0.15, -0.1) is 0 Å². The fraction of sp³-hybridized carbons (Fsp3) is 0.154. The Bertz CT molecular complexity index is 1540. The average molecular weight is 539 g/mol. The van der Waals surface area contributed by atoms with Crippen LogP contribution in [0.3, 0.4) is 0 Å². The molecule has 1 saturated heterocycles. The van der Waals surface area contributed by atoms with Crippen molar-refractivity contribution in [2.45, 2.75) is 12.1 Å². The summed E-state index contributed by atoms with van der Waals surface area (Å²) in [5.74, 6) is 1.19. The second-order valence-corrected chi connectivity index (χ2v) is 10.6. The van der Waals surface area contributed by atoms with Crippen LogP contribution in [0.1, 0.15) is 23.5 Å². The monoisotopic (exact) mass is 538 g/mol. The summed E-state index contributed by atoms with van der Waals surface area (Å²) in [5.41, 5.74) is 2.47. The van der Waals surface area contributed by atoms with Crippen LogP contribution in [0, 0.1) is 5.82 Å². The summed E-state index contributed by atoms with van der Waals surface area (Å²) in [5, 5.41) is 3.78. The number of pyridine rings is 1. The third-order valence-electron chi connectivity index (χ3n) is 5.90. The van der Waals surface area contributed by atoms with Crippen molar-refractivity contribution in [2.24, 2.45) is 0 Å². The van der Waals surface area contributed by atoms with E-state index in [0.717, 1.165) is 17.5 Å². The predicted octanol–water partition coefficient (Wildman–Crippen LogP) is 5.04. The van der Waals surface area contributed by atoms with Crippen molar-refractivity contribution < 1.29 is 22.0 Å². The Hall–Kier alpha value is -3.96. The lowest BCUT2D eigenvalue weighted by molar-refractivity contribution is 0.416. The number of rotatable bonds is 7. The molecule has 0 unspecified atom stereocenters. The molecule has 0 bridgehead atoms. The number of benzene rings is 2. The van der Waals surface area contributed by atoms with Gasteiger partial charge in [0.2, 0.25) is 10.0 Å².